The quantitative estimate of drug-likeness (QED) is 0.865. The highest BCUT2D eigenvalue weighted by molar-refractivity contribution is 5.50. The van der Waals surface area contributed by atoms with Crippen LogP contribution < -0.4 is 4.90 Å². The van der Waals surface area contributed by atoms with Gasteiger partial charge in [-0.05, 0) is 56.5 Å². The highest BCUT2D eigenvalue weighted by Crippen LogP contribution is 2.40. The van der Waals surface area contributed by atoms with E-state index in [1.807, 2.05) is 30.1 Å². The van der Waals surface area contributed by atoms with Gasteiger partial charge in [0.1, 0.15) is 0 Å². The largest absolute Gasteiger partial charge is 0.371 e. The van der Waals surface area contributed by atoms with Crippen molar-refractivity contribution in [1.82, 2.24) is 14.7 Å². The van der Waals surface area contributed by atoms with Crippen LogP contribution in [0.25, 0.3) is 0 Å². The zero-order valence-corrected chi connectivity index (χ0v) is 14.9. The van der Waals surface area contributed by atoms with E-state index in [2.05, 4.69) is 39.3 Å². The van der Waals surface area contributed by atoms with E-state index in [1.165, 1.54) is 43.5 Å². The number of benzene rings is 1. The second-order valence-electron chi connectivity index (χ2n) is 7.42. The van der Waals surface area contributed by atoms with Crippen LogP contribution >= 0.6 is 0 Å². The lowest BCUT2D eigenvalue weighted by atomic mass is 9.84. The van der Waals surface area contributed by atoms with Gasteiger partial charge in [-0.15, -0.1) is 0 Å². The number of hydrogen-bond donors (Lipinski definition) is 0. The second-order valence-corrected chi connectivity index (χ2v) is 7.42. The van der Waals surface area contributed by atoms with Crippen LogP contribution in [-0.2, 0) is 13.6 Å². The first-order valence-corrected chi connectivity index (χ1v) is 9.16. The van der Waals surface area contributed by atoms with Crippen LogP contribution in [0.1, 0.15) is 36.8 Å². The van der Waals surface area contributed by atoms with Crippen molar-refractivity contribution in [2.75, 3.05) is 24.5 Å². The zero-order chi connectivity index (χ0) is 17.3. The van der Waals surface area contributed by atoms with Gasteiger partial charge in [0, 0.05) is 49.7 Å². The molecule has 2 aromatic rings. The smallest absolute Gasteiger partial charge is 0.0991 e. The molecule has 3 heterocycles. The second kappa shape index (κ2) is 6.53. The monoisotopic (exact) mass is 335 g/mol. The standard InChI is InChI=1S/C20H25N5/c1-23-15-18(14-22-23)16-25-10-2-7-20(25)8-11-24(12-9-20)19-5-3-17(13-21)4-6-19/h3-6,14-15H,2,7-12,16H2,1H3. The van der Waals surface area contributed by atoms with Crippen LogP contribution in [0.2, 0.25) is 0 Å². The first-order chi connectivity index (χ1) is 12.2. The Labute approximate surface area is 149 Å². The summed E-state index contributed by atoms with van der Waals surface area (Å²) in [6.45, 7) is 4.40. The van der Waals surface area contributed by atoms with Gasteiger partial charge in [0.25, 0.3) is 0 Å². The molecule has 0 N–H and O–H groups in total. The van der Waals surface area contributed by atoms with Crippen LogP contribution in [0.3, 0.4) is 0 Å². The topological polar surface area (TPSA) is 48.1 Å². The van der Waals surface area contributed by atoms with Gasteiger partial charge >= 0.3 is 0 Å². The summed E-state index contributed by atoms with van der Waals surface area (Å²) < 4.78 is 1.89. The van der Waals surface area contributed by atoms with Gasteiger partial charge in [-0.3, -0.25) is 9.58 Å². The van der Waals surface area contributed by atoms with Gasteiger partial charge in [0.2, 0.25) is 0 Å². The Morgan fingerprint density at radius 2 is 1.88 bits per heavy atom. The molecule has 0 saturated carbocycles. The van der Waals surface area contributed by atoms with E-state index in [1.54, 1.807) is 0 Å². The number of aryl methyl sites for hydroxylation is 1. The maximum Gasteiger partial charge on any atom is 0.0991 e. The maximum atomic E-state index is 8.95. The fourth-order valence-corrected chi connectivity index (χ4v) is 4.51. The molecule has 0 aliphatic carbocycles. The molecule has 1 spiro atoms. The predicted molar refractivity (Wildman–Crippen MR) is 98.2 cm³/mol. The molecular formula is C20H25N5. The maximum absolute atomic E-state index is 8.95. The summed E-state index contributed by atoms with van der Waals surface area (Å²) in [7, 11) is 1.99. The van der Waals surface area contributed by atoms with Crippen molar-refractivity contribution >= 4 is 5.69 Å². The molecule has 0 amide bonds. The molecule has 130 valence electrons. The number of piperidine rings is 1. The number of likely N-dealkylation sites (tertiary alicyclic amines) is 1. The molecule has 2 aliphatic rings. The Bertz CT molecular complexity index is 762. The molecule has 0 radical (unpaired) electrons. The van der Waals surface area contributed by atoms with Gasteiger partial charge in [-0.25, -0.2) is 0 Å². The molecule has 2 fully saturated rings. The van der Waals surface area contributed by atoms with Crippen LogP contribution in [0.15, 0.2) is 36.7 Å². The Kier molecular flexibility index (Phi) is 4.22. The summed E-state index contributed by atoms with van der Waals surface area (Å²) in [4.78, 5) is 5.16. The third kappa shape index (κ3) is 3.14. The molecule has 4 rings (SSSR count). The third-order valence-electron chi connectivity index (χ3n) is 5.93. The number of nitriles is 1. The summed E-state index contributed by atoms with van der Waals surface area (Å²) in [5.41, 5.74) is 3.65. The number of nitrogens with zero attached hydrogens (tertiary/aromatic N) is 5. The molecule has 2 aliphatic heterocycles. The summed E-state index contributed by atoms with van der Waals surface area (Å²) in [5, 5.41) is 13.3. The van der Waals surface area contributed by atoms with E-state index in [0.29, 0.717) is 5.54 Å². The average molecular weight is 335 g/mol. The Balaban J connectivity index is 1.43. The molecule has 0 atom stereocenters. The van der Waals surface area contributed by atoms with Crippen molar-refractivity contribution in [3.05, 3.63) is 47.8 Å². The van der Waals surface area contributed by atoms with Crippen LogP contribution in [0, 0.1) is 11.3 Å². The van der Waals surface area contributed by atoms with E-state index < -0.39 is 0 Å². The lowest BCUT2D eigenvalue weighted by molar-refractivity contribution is 0.0998. The Morgan fingerprint density at radius 3 is 2.52 bits per heavy atom. The van der Waals surface area contributed by atoms with Crippen molar-refractivity contribution in [3.63, 3.8) is 0 Å². The van der Waals surface area contributed by atoms with Crippen molar-refractivity contribution in [2.24, 2.45) is 7.05 Å². The summed E-state index contributed by atoms with van der Waals surface area (Å²) in [6, 6.07) is 10.2. The van der Waals surface area contributed by atoms with E-state index >= 15 is 0 Å². The van der Waals surface area contributed by atoms with Crippen molar-refractivity contribution < 1.29 is 0 Å². The third-order valence-corrected chi connectivity index (χ3v) is 5.93. The number of aromatic nitrogens is 2. The predicted octanol–water partition coefficient (Wildman–Crippen LogP) is 2.93. The van der Waals surface area contributed by atoms with Crippen molar-refractivity contribution in [2.45, 2.75) is 37.8 Å². The molecule has 25 heavy (non-hydrogen) atoms. The minimum atomic E-state index is 0.360. The Morgan fingerprint density at radius 1 is 1.12 bits per heavy atom. The highest BCUT2D eigenvalue weighted by Gasteiger charge is 2.42. The Hall–Kier alpha value is -2.32. The number of rotatable bonds is 3. The molecule has 5 nitrogen and oxygen atoms in total. The molecule has 2 saturated heterocycles. The first-order valence-electron chi connectivity index (χ1n) is 9.16. The van der Waals surface area contributed by atoms with Crippen LogP contribution in [0.5, 0.6) is 0 Å². The van der Waals surface area contributed by atoms with E-state index in [9.17, 15) is 0 Å². The molecular weight excluding hydrogens is 310 g/mol. The van der Waals surface area contributed by atoms with Gasteiger partial charge in [-0.2, -0.15) is 10.4 Å². The molecule has 5 heteroatoms. The van der Waals surface area contributed by atoms with E-state index in [-0.39, 0.29) is 0 Å². The van der Waals surface area contributed by atoms with Crippen LogP contribution in [0.4, 0.5) is 5.69 Å². The van der Waals surface area contributed by atoms with Gasteiger partial charge in [-0.1, -0.05) is 0 Å². The van der Waals surface area contributed by atoms with Gasteiger partial charge < -0.3 is 4.90 Å². The molecule has 1 aromatic heterocycles. The van der Waals surface area contributed by atoms with Gasteiger partial charge in [0.05, 0.1) is 17.8 Å². The highest BCUT2D eigenvalue weighted by atomic mass is 15.3. The summed E-state index contributed by atoms with van der Waals surface area (Å²) in [6.07, 6.45) is 9.18. The SMILES string of the molecule is Cn1cc(CN2CCCC23CCN(c2ccc(C#N)cc2)CC3)cn1. The number of hydrogen-bond acceptors (Lipinski definition) is 4. The molecule has 0 bridgehead atoms. The van der Waals surface area contributed by atoms with E-state index in [0.717, 1.165) is 25.2 Å². The minimum Gasteiger partial charge on any atom is -0.371 e. The fourth-order valence-electron chi connectivity index (χ4n) is 4.51. The summed E-state index contributed by atoms with van der Waals surface area (Å²) in [5.74, 6) is 0. The normalized spacial score (nSPS) is 20.1. The fraction of sp³-hybridized carbons (Fsp3) is 0.500. The number of anilines is 1. The minimum absolute atomic E-state index is 0.360. The van der Waals surface area contributed by atoms with Crippen molar-refractivity contribution in [1.29, 1.82) is 5.26 Å². The van der Waals surface area contributed by atoms with E-state index in [4.69, 9.17) is 5.26 Å². The first kappa shape index (κ1) is 16.2. The van der Waals surface area contributed by atoms with Crippen LogP contribution in [-0.4, -0.2) is 39.9 Å². The van der Waals surface area contributed by atoms with Gasteiger partial charge in [0.15, 0.2) is 0 Å². The summed E-state index contributed by atoms with van der Waals surface area (Å²) >= 11 is 0. The molecule has 0 unspecified atom stereocenters. The molecule has 1 aromatic carbocycles. The zero-order valence-electron chi connectivity index (χ0n) is 14.9. The lowest BCUT2D eigenvalue weighted by Crippen LogP contribution is -2.51. The average Bonchev–Trinajstić information content (AvgIpc) is 3.23. The van der Waals surface area contributed by atoms with Crippen molar-refractivity contribution in [3.8, 4) is 6.07 Å². The lowest BCUT2D eigenvalue weighted by Gasteiger charge is -2.45.